The number of likely N-dealkylation sites (tertiary alicyclic amines) is 1. The number of para-hydroxylation sites is 1. The van der Waals surface area contributed by atoms with E-state index in [1.165, 1.54) is 11.0 Å². The molecular formula is C31H39ClN4O8S. The Balaban J connectivity index is 1.41. The van der Waals surface area contributed by atoms with Gasteiger partial charge in [-0.05, 0) is 66.0 Å². The molecule has 4 atom stereocenters. The van der Waals surface area contributed by atoms with Crippen molar-refractivity contribution in [3.8, 4) is 11.6 Å². The summed E-state index contributed by atoms with van der Waals surface area (Å²) in [4.78, 5) is 46.4. The average molecular weight is 663 g/mol. The van der Waals surface area contributed by atoms with Crippen LogP contribution in [0.2, 0.25) is 5.02 Å². The zero-order chi connectivity index (χ0) is 32.9. The highest BCUT2D eigenvalue weighted by atomic mass is 35.5. The summed E-state index contributed by atoms with van der Waals surface area (Å²) in [5.74, 6) is -1.25. The Morgan fingerprint density at radius 3 is 2.56 bits per heavy atom. The van der Waals surface area contributed by atoms with Gasteiger partial charge in [0.15, 0.2) is 0 Å². The number of sulfonamides is 1. The highest BCUT2D eigenvalue weighted by Gasteiger charge is 2.63. The number of fused-ring (bicyclic) bond motifs is 1. The molecule has 2 N–H and O–H groups in total. The summed E-state index contributed by atoms with van der Waals surface area (Å²) in [7, 11) is -3.95. The van der Waals surface area contributed by atoms with Crippen molar-refractivity contribution in [1.82, 2.24) is 19.9 Å². The van der Waals surface area contributed by atoms with Crippen molar-refractivity contribution >= 4 is 50.4 Å². The second kappa shape index (κ2) is 11.7. The van der Waals surface area contributed by atoms with Crippen LogP contribution in [0.5, 0.6) is 11.6 Å². The summed E-state index contributed by atoms with van der Waals surface area (Å²) in [6, 6.07) is 5.81. The van der Waals surface area contributed by atoms with Crippen LogP contribution >= 0.6 is 11.6 Å². The van der Waals surface area contributed by atoms with Gasteiger partial charge in [-0.1, -0.05) is 23.7 Å². The molecule has 12 nitrogen and oxygen atoms in total. The summed E-state index contributed by atoms with van der Waals surface area (Å²) in [5.41, 5.74) is -1.89. The number of ether oxygens (including phenoxy) is 3. The second-order valence-electron chi connectivity index (χ2n) is 13.0. The summed E-state index contributed by atoms with van der Waals surface area (Å²) in [6.07, 6.45) is 1.23. The number of nitrogens with one attached hydrogen (secondary N) is 2. The molecule has 2 aliphatic carbocycles. The molecule has 1 aromatic heterocycles. The fraction of sp³-hybridized carbons (Fsp3) is 0.548. The highest BCUT2D eigenvalue weighted by Crippen LogP contribution is 2.47. The van der Waals surface area contributed by atoms with Crippen LogP contribution in [0.25, 0.3) is 10.9 Å². The second-order valence-corrected chi connectivity index (χ2v) is 15.6. The van der Waals surface area contributed by atoms with Crippen LogP contribution < -0.4 is 19.5 Å². The van der Waals surface area contributed by atoms with E-state index in [0.29, 0.717) is 47.0 Å². The van der Waals surface area contributed by atoms with Crippen molar-refractivity contribution < 1.29 is 37.0 Å². The maximum absolute atomic E-state index is 13.9. The molecule has 3 amide bonds. The number of hydrogen-bond acceptors (Lipinski definition) is 9. The quantitative estimate of drug-likeness (QED) is 0.358. The fourth-order valence-electron chi connectivity index (χ4n) is 5.43. The number of halogens is 1. The van der Waals surface area contributed by atoms with E-state index >= 15 is 0 Å². The molecule has 1 saturated heterocycles. The van der Waals surface area contributed by atoms with E-state index in [9.17, 15) is 22.8 Å². The van der Waals surface area contributed by atoms with Crippen LogP contribution in [-0.2, 0) is 24.3 Å². The van der Waals surface area contributed by atoms with Crippen molar-refractivity contribution in [2.45, 2.75) is 88.3 Å². The van der Waals surface area contributed by atoms with E-state index in [1.807, 2.05) is 6.92 Å². The Labute approximate surface area is 267 Å². The molecule has 0 unspecified atom stereocenters. The maximum atomic E-state index is 13.9. The predicted molar refractivity (Wildman–Crippen MR) is 168 cm³/mol. The molecule has 244 valence electrons. The molecule has 3 aliphatic rings. The largest absolute Gasteiger partial charge is 0.488 e. The summed E-state index contributed by atoms with van der Waals surface area (Å²) in [5, 5.41) is 3.78. The molecule has 5 rings (SSSR count). The predicted octanol–water partition coefficient (Wildman–Crippen LogP) is 4.10. The van der Waals surface area contributed by atoms with Crippen LogP contribution in [0.15, 0.2) is 36.9 Å². The number of amides is 3. The molecule has 14 heteroatoms. The minimum atomic E-state index is -3.95. The first kappa shape index (κ1) is 32.8. The number of carbonyl (C=O) groups excluding carboxylic acids is 3. The lowest BCUT2D eigenvalue weighted by atomic mass is 10.1. The van der Waals surface area contributed by atoms with Gasteiger partial charge >= 0.3 is 6.09 Å². The molecule has 0 spiro atoms. The van der Waals surface area contributed by atoms with E-state index in [1.54, 1.807) is 52.0 Å². The number of aromatic nitrogens is 1. The lowest BCUT2D eigenvalue weighted by Crippen LogP contribution is -2.57. The van der Waals surface area contributed by atoms with Crippen molar-refractivity contribution in [1.29, 1.82) is 0 Å². The average Bonchev–Trinajstić information content (AvgIpc) is 3.83. The Bertz CT molecular complexity index is 1650. The van der Waals surface area contributed by atoms with Gasteiger partial charge in [0.05, 0.1) is 28.4 Å². The van der Waals surface area contributed by atoms with Crippen molar-refractivity contribution in [3.63, 3.8) is 0 Å². The SMILES string of the molecule is C=C[C@@H]1C[C@]1(NC(=O)[C@@H]1C[C@@H](Oc2cc(OCC)nc3c(Cl)cccc23)CN1C(=O)OC(C)(C)C)C(=O)NS(=O)(=O)C1(C)CC1. The van der Waals surface area contributed by atoms with Gasteiger partial charge in [-0.15, -0.1) is 6.58 Å². The van der Waals surface area contributed by atoms with Crippen LogP contribution in [-0.4, -0.2) is 77.4 Å². The fourth-order valence-corrected chi connectivity index (χ4v) is 6.96. The van der Waals surface area contributed by atoms with Gasteiger partial charge < -0.3 is 19.5 Å². The Morgan fingerprint density at radius 2 is 1.96 bits per heavy atom. The molecule has 2 heterocycles. The highest BCUT2D eigenvalue weighted by molar-refractivity contribution is 7.91. The Hall–Kier alpha value is -3.58. The number of hydrogen-bond donors (Lipinski definition) is 2. The molecule has 3 fully saturated rings. The van der Waals surface area contributed by atoms with Crippen LogP contribution in [0.4, 0.5) is 4.79 Å². The maximum Gasteiger partial charge on any atom is 0.411 e. The minimum Gasteiger partial charge on any atom is -0.488 e. The van der Waals surface area contributed by atoms with Gasteiger partial charge in [-0.2, -0.15) is 0 Å². The van der Waals surface area contributed by atoms with E-state index in [-0.39, 0.29) is 19.4 Å². The first-order chi connectivity index (χ1) is 21.0. The molecule has 0 bridgehead atoms. The molecule has 2 aromatic rings. The normalized spacial score (nSPS) is 25.3. The van der Waals surface area contributed by atoms with Crippen molar-refractivity contribution in [2.24, 2.45) is 5.92 Å². The van der Waals surface area contributed by atoms with E-state index in [0.717, 1.165) is 0 Å². The minimum absolute atomic E-state index is 0.00182. The van der Waals surface area contributed by atoms with Crippen LogP contribution in [0, 0.1) is 5.92 Å². The molecule has 2 saturated carbocycles. The lowest BCUT2D eigenvalue weighted by Gasteiger charge is -2.29. The molecule has 1 aromatic carbocycles. The van der Waals surface area contributed by atoms with E-state index in [4.69, 9.17) is 25.8 Å². The Kier molecular flexibility index (Phi) is 8.49. The number of benzene rings is 1. The standard InChI is InChI=1S/C31H39ClN4O8S/c1-7-18-16-31(18,27(38)35-45(40,41)30(6)12-13-30)34-26(37)22-14-19(17-36(22)28(39)44-29(3,4)5)43-23-15-24(42-8-2)33-25-20(23)10-9-11-21(25)32/h7,9-11,15,18-19,22H,1,8,12-14,16-17H2,2-6H3,(H,34,37)(H,35,38)/t18-,19-,22+,31-/m1/s1. The number of nitrogens with zero attached hydrogens (tertiary/aromatic N) is 2. The van der Waals surface area contributed by atoms with Gasteiger partial charge in [0, 0.05) is 23.8 Å². The van der Waals surface area contributed by atoms with E-state index < -0.39 is 61.9 Å². The zero-order valence-corrected chi connectivity index (χ0v) is 27.6. The summed E-state index contributed by atoms with van der Waals surface area (Å²) < 4.78 is 44.4. The molecule has 45 heavy (non-hydrogen) atoms. The summed E-state index contributed by atoms with van der Waals surface area (Å²) >= 11 is 6.42. The van der Waals surface area contributed by atoms with Crippen LogP contribution in [0.1, 0.15) is 60.3 Å². The monoisotopic (exact) mass is 662 g/mol. The zero-order valence-electron chi connectivity index (χ0n) is 26.0. The first-order valence-corrected chi connectivity index (χ1v) is 16.8. The topological polar surface area (TPSA) is 153 Å². The van der Waals surface area contributed by atoms with Gasteiger partial charge in [-0.3, -0.25) is 19.2 Å². The summed E-state index contributed by atoms with van der Waals surface area (Å²) in [6.45, 7) is 12.6. The third-order valence-electron chi connectivity index (χ3n) is 8.39. The van der Waals surface area contributed by atoms with Gasteiger partial charge in [0.1, 0.15) is 29.0 Å². The van der Waals surface area contributed by atoms with Crippen LogP contribution in [0.3, 0.4) is 0 Å². The number of pyridine rings is 1. The van der Waals surface area contributed by atoms with Gasteiger partial charge in [0.25, 0.3) is 5.91 Å². The molecule has 1 aliphatic heterocycles. The van der Waals surface area contributed by atoms with Gasteiger partial charge in [-0.25, -0.2) is 18.2 Å². The smallest absolute Gasteiger partial charge is 0.411 e. The van der Waals surface area contributed by atoms with Crippen molar-refractivity contribution in [2.75, 3.05) is 13.2 Å². The third-order valence-corrected chi connectivity index (χ3v) is 10.9. The third kappa shape index (κ3) is 6.55. The first-order valence-electron chi connectivity index (χ1n) is 14.9. The van der Waals surface area contributed by atoms with E-state index in [2.05, 4.69) is 21.6 Å². The lowest BCUT2D eigenvalue weighted by molar-refractivity contribution is -0.131. The number of rotatable bonds is 10. The van der Waals surface area contributed by atoms with Crippen molar-refractivity contribution in [3.05, 3.63) is 41.9 Å². The Morgan fingerprint density at radius 1 is 1.24 bits per heavy atom. The van der Waals surface area contributed by atoms with Gasteiger partial charge in [0.2, 0.25) is 21.8 Å². The molecular weight excluding hydrogens is 624 g/mol. The molecule has 0 radical (unpaired) electrons. The number of carbonyl (C=O) groups is 3.